The van der Waals surface area contributed by atoms with Crippen LogP contribution < -0.4 is 10.0 Å². The number of nitrogens with one attached hydrogen (secondary N) is 2. The minimum atomic E-state index is -3.80. The average molecular weight is 474 g/mol. The van der Waals surface area contributed by atoms with E-state index >= 15 is 0 Å². The monoisotopic (exact) mass is 473 g/mol. The topological polar surface area (TPSA) is 78.5 Å². The molecular formula is C23H24FN3O3S2. The Morgan fingerprint density at radius 2 is 1.81 bits per heavy atom. The van der Waals surface area contributed by atoms with E-state index in [1.165, 1.54) is 22.6 Å². The quantitative estimate of drug-likeness (QED) is 0.526. The number of rotatable bonds is 8. The van der Waals surface area contributed by atoms with Crippen molar-refractivity contribution in [3.05, 3.63) is 81.8 Å². The van der Waals surface area contributed by atoms with Gasteiger partial charge in [0.1, 0.15) is 5.82 Å². The second-order valence-corrected chi connectivity index (χ2v) is 10.4. The molecule has 0 unspecified atom stereocenters. The number of nitrogens with zero attached hydrogens (tertiary/aromatic N) is 1. The van der Waals surface area contributed by atoms with Crippen LogP contribution in [0.2, 0.25) is 0 Å². The van der Waals surface area contributed by atoms with Gasteiger partial charge in [0.2, 0.25) is 5.91 Å². The molecule has 9 heteroatoms. The van der Waals surface area contributed by atoms with Crippen LogP contribution in [0.5, 0.6) is 0 Å². The first-order valence-corrected chi connectivity index (χ1v) is 12.7. The number of sulfonamides is 1. The van der Waals surface area contributed by atoms with Gasteiger partial charge in [-0.2, -0.15) is 0 Å². The number of carbonyl (C=O) groups is 1. The maximum Gasteiger partial charge on any atom is 0.261 e. The fourth-order valence-corrected chi connectivity index (χ4v) is 5.57. The molecule has 32 heavy (non-hydrogen) atoms. The summed E-state index contributed by atoms with van der Waals surface area (Å²) < 4.78 is 40.2. The summed E-state index contributed by atoms with van der Waals surface area (Å²) in [5.41, 5.74) is 2.55. The predicted octanol–water partition coefficient (Wildman–Crippen LogP) is 3.41. The third-order valence-electron chi connectivity index (χ3n) is 5.33. The lowest BCUT2D eigenvalue weighted by Crippen LogP contribution is -2.37. The molecule has 4 rings (SSSR count). The molecule has 1 amide bonds. The summed E-state index contributed by atoms with van der Waals surface area (Å²) in [6, 6.07) is 13.4. The van der Waals surface area contributed by atoms with E-state index in [9.17, 15) is 17.6 Å². The number of anilines is 1. The van der Waals surface area contributed by atoms with Crippen LogP contribution in [-0.4, -0.2) is 38.9 Å². The Labute approximate surface area is 191 Å². The van der Waals surface area contributed by atoms with Crippen molar-refractivity contribution in [3.8, 4) is 0 Å². The number of fused-ring (bicyclic) bond motifs is 1. The van der Waals surface area contributed by atoms with Crippen molar-refractivity contribution in [1.82, 2.24) is 10.2 Å². The van der Waals surface area contributed by atoms with Crippen molar-refractivity contribution in [3.63, 3.8) is 0 Å². The van der Waals surface area contributed by atoms with E-state index in [4.69, 9.17) is 0 Å². The lowest BCUT2D eigenvalue weighted by Gasteiger charge is -2.26. The largest absolute Gasteiger partial charge is 0.355 e. The molecule has 0 saturated heterocycles. The zero-order valence-corrected chi connectivity index (χ0v) is 19.0. The number of hydrogen-bond acceptors (Lipinski definition) is 5. The van der Waals surface area contributed by atoms with Gasteiger partial charge in [-0.05, 0) is 65.4 Å². The van der Waals surface area contributed by atoms with Crippen LogP contribution in [-0.2, 0) is 34.2 Å². The molecule has 2 aromatic carbocycles. The second kappa shape index (κ2) is 9.81. The molecule has 0 fully saturated rings. The maximum atomic E-state index is 13.0. The van der Waals surface area contributed by atoms with E-state index in [0.717, 1.165) is 43.8 Å². The zero-order valence-electron chi connectivity index (χ0n) is 17.4. The van der Waals surface area contributed by atoms with E-state index < -0.39 is 15.8 Å². The number of hydrogen-bond donors (Lipinski definition) is 2. The van der Waals surface area contributed by atoms with Crippen LogP contribution in [0.1, 0.15) is 16.0 Å². The SMILES string of the molecule is O=C(Cc1ccc(NS(=O)(=O)c2ccc(F)cc2)cc1)NCCN1CCc2sccc2C1. The van der Waals surface area contributed by atoms with Gasteiger partial charge in [-0.1, -0.05) is 12.1 Å². The summed E-state index contributed by atoms with van der Waals surface area (Å²) in [5.74, 6) is -0.572. The minimum absolute atomic E-state index is 0.0220. The van der Waals surface area contributed by atoms with Crippen LogP contribution >= 0.6 is 11.3 Å². The Balaban J connectivity index is 1.23. The minimum Gasteiger partial charge on any atom is -0.355 e. The maximum absolute atomic E-state index is 13.0. The fraction of sp³-hybridized carbons (Fsp3) is 0.261. The Bertz CT molecular complexity index is 1180. The van der Waals surface area contributed by atoms with Gasteiger partial charge in [0.05, 0.1) is 11.3 Å². The number of thiophene rings is 1. The van der Waals surface area contributed by atoms with Gasteiger partial charge in [-0.25, -0.2) is 12.8 Å². The van der Waals surface area contributed by atoms with Gasteiger partial charge in [0.15, 0.2) is 0 Å². The first-order chi connectivity index (χ1) is 15.4. The van der Waals surface area contributed by atoms with Crippen LogP contribution in [0.4, 0.5) is 10.1 Å². The summed E-state index contributed by atoms with van der Waals surface area (Å²) in [5, 5.41) is 5.09. The van der Waals surface area contributed by atoms with Crippen LogP contribution in [0, 0.1) is 5.82 Å². The molecule has 3 aromatic rings. The molecule has 1 aliphatic heterocycles. The van der Waals surface area contributed by atoms with Crippen LogP contribution in [0.25, 0.3) is 0 Å². The van der Waals surface area contributed by atoms with Crippen LogP contribution in [0.3, 0.4) is 0 Å². The third kappa shape index (κ3) is 5.73. The van der Waals surface area contributed by atoms with Gasteiger partial charge >= 0.3 is 0 Å². The Morgan fingerprint density at radius 1 is 1.06 bits per heavy atom. The normalized spacial score (nSPS) is 14.0. The fourth-order valence-electron chi connectivity index (χ4n) is 3.62. The molecule has 6 nitrogen and oxygen atoms in total. The molecule has 2 N–H and O–H groups in total. The highest BCUT2D eigenvalue weighted by atomic mass is 32.2. The molecule has 1 aliphatic rings. The molecule has 0 atom stereocenters. The highest BCUT2D eigenvalue weighted by molar-refractivity contribution is 7.92. The van der Waals surface area contributed by atoms with Crippen molar-refractivity contribution in [2.75, 3.05) is 24.4 Å². The smallest absolute Gasteiger partial charge is 0.261 e. The summed E-state index contributed by atoms with van der Waals surface area (Å²) in [6.07, 6.45) is 1.29. The number of amides is 1. The Morgan fingerprint density at radius 3 is 2.56 bits per heavy atom. The zero-order chi connectivity index (χ0) is 22.6. The highest BCUT2D eigenvalue weighted by Gasteiger charge is 2.17. The molecule has 0 spiro atoms. The van der Waals surface area contributed by atoms with E-state index in [0.29, 0.717) is 12.2 Å². The summed E-state index contributed by atoms with van der Waals surface area (Å²) in [4.78, 5) is 16.1. The summed E-state index contributed by atoms with van der Waals surface area (Å²) >= 11 is 1.81. The van der Waals surface area contributed by atoms with Crippen LogP contribution in [0.15, 0.2) is 64.9 Å². The molecule has 0 saturated carbocycles. The van der Waals surface area contributed by atoms with Gasteiger partial charge in [0, 0.05) is 36.7 Å². The van der Waals surface area contributed by atoms with Crippen molar-refractivity contribution in [1.29, 1.82) is 0 Å². The molecule has 2 heterocycles. The summed E-state index contributed by atoms with van der Waals surface area (Å²) in [6.45, 7) is 3.35. The Kier molecular flexibility index (Phi) is 6.88. The van der Waals surface area contributed by atoms with E-state index in [2.05, 4.69) is 26.4 Å². The van der Waals surface area contributed by atoms with E-state index in [1.807, 2.05) is 11.3 Å². The van der Waals surface area contributed by atoms with E-state index in [-0.39, 0.29) is 17.2 Å². The molecule has 1 aromatic heterocycles. The molecule has 0 radical (unpaired) electrons. The van der Waals surface area contributed by atoms with Crippen molar-refractivity contribution in [2.24, 2.45) is 0 Å². The first-order valence-electron chi connectivity index (χ1n) is 10.3. The van der Waals surface area contributed by atoms with E-state index in [1.54, 1.807) is 24.3 Å². The second-order valence-electron chi connectivity index (χ2n) is 7.68. The molecule has 0 aliphatic carbocycles. The number of benzene rings is 2. The predicted molar refractivity (Wildman–Crippen MR) is 124 cm³/mol. The van der Waals surface area contributed by atoms with Gasteiger partial charge in [-0.3, -0.25) is 14.4 Å². The first kappa shape index (κ1) is 22.4. The van der Waals surface area contributed by atoms with Gasteiger partial charge in [0.25, 0.3) is 10.0 Å². The molecule has 0 bridgehead atoms. The third-order valence-corrected chi connectivity index (χ3v) is 7.75. The number of halogens is 1. The highest BCUT2D eigenvalue weighted by Crippen LogP contribution is 2.23. The average Bonchev–Trinajstić information content (AvgIpc) is 3.23. The van der Waals surface area contributed by atoms with Crippen molar-refractivity contribution < 1.29 is 17.6 Å². The lowest BCUT2D eigenvalue weighted by atomic mass is 10.1. The number of carbonyl (C=O) groups excluding carboxylic acids is 1. The molecular weight excluding hydrogens is 449 g/mol. The van der Waals surface area contributed by atoms with Crippen molar-refractivity contribution in [2.45, 2.75) is 24.3 Å². The molecule has 168 valence electrons. The van der Waals surface area contributed by atoms with Gasteiger partial charge in [-0.15, -0.1) is 11.3 Å². The van der Waals surface area contributed by atoms with Gasteiger partial charge < -0.3 is 5.32 Å². The standard InChI is InChI=1S/C23H24FN3O3S2/c24-19-3-7-21(8-4-19)32(29,30)26-20-5-1-17(2-6-20)15-23(28)25-11-13-27-12-9-22-18(16-27)10-14-31-22/h1-8,10,14,26H,9,11-13,15-16H2,(H,25,28). The summed E-state index contributed by atoms with van der Waals surface area (Å²) in [7, 11) is -3.80. The Hall–Kier alpha value is -2.75. The lowest BCUT2D eigenvalue weighted by molar-refractivity contribution is -0.120. The van der Waals surface area contributed by atoms with Crippen molar-refractivity contribution >= 4 is 33.0 Å².